The summed E-state index contributed by atoms with van der Waals surface area (Å²) in [5.41, 5.74) is 11.1. The highest BCUT2D eigenvalue weighted by molar-refractivity contribution is 7.14. The van der Waals surface area contributed by atoms with Crippen molar-refractivity contribution in [2.75, 3.05) is 5.73 Å². The zero-order valence-electron chi connectivity index (χ0n) is 9.82. The van der Waals surface area contributed by atoms with Crippen molar-refractivity contribution in [3.63, 3.8) is 0 Å². The van der Waals surface area contributed by atoms with E-state index in [0.717, 1.165) is 16.3 Å². The van der Waals surface area contributed by atoms with Gasteiger partial charge in [-0.3, -0.25) is 0 Å². The molecule has 3 heteroatoms. The van der Waals surface area contributed by atoms with E-state index in [1.807, 2.05) is 0 Å². The van der Waals surface area contributed by atoms with Gasteiger partial charge in [0.1, 0.15) is 10.7 Å². The third-order valence-corrected chi connectivity index (χ3v) is 3.28. The maximum absolute atomic E-state index is 5.85. The topological polar surface area (TPSA) is 38.9 Å². The van der Waals surface area contributed by atoms with Crippen LogP contribution in [-0.2, 0) is 5.41 Å². The van der Waals surface area contributed by atoms with Gasteiger partial charge in [0.05, 0.1) is 5.51 Å². The van der Waals surface area contributed by atoms with E-state index in [4.69, 9.17) is 5.73 Å². The second-order valence-electron chi connectivity index (χ2n) is 4.89. The monoisotopic (exact) mass is 232 g/mol. The molecule has 0 spiro atoms. The Bertz CT molecular complexity index is 477. The molecule has 0 unspecified atom stereocenters. The number of rotatable bonds is 1. The van der Waals surface area contributed by atoms with Crippen LogP contribution in [0.2, 0.25) is 0 Å². The van der Waals surface area contributed by atoms with Gasteiger partial charge in [-0.25, -0.2) is 4.98 Å². The molecule has 2 N–H and O–H groups in total. The van der Waals surface area contributed by atoms with Crippen LogP contribution in [-0.4, -0.2) is 4.98 Å². The number of nitrogens with zero attached hydrogens (tertiary/aromatic N) is 1. The van der Waals surface area contributed by atoms with E-state index in [-0.39, 0.29) is 5.41 Å². The second kappa shape index (κ2) is 3.91. The quantitative estimate of drug-likeness (QED) is 0.814. The molecular formula is C13H16N2S. The first kappa shape index (κ1) is 11.1. The van der Waals surface area contributed by atoms with Gasteiger partial charge in [0.25, 0.3) is 0 Å². The van der Waals surface area contributed by atoms with Gasteiger partial charge in [-0.15, -0.1) is 11.3 Å². The maximum Gasteiger partial charge on any atom is 0.114 e. The molecule has 0 bridgehead atoms. The predicted molar refractivity (Wildman–Crippen MR) is 70.7 cm³/mol. The summed E-state index contributed by atoms with van der Waals surface area (Å²) in [5, 5.41) is 0.781. The van der Waals surface area contributed by atoms with E-state index in [1.165, 1.54) is 16.9 Å². The van der Waals surface area contributed by atoms with Gasteiger partial charge in [-0.05, 0) is 11.0 Å². The summed E-state index contributed by atoms with van der Waals surface area (Å²) in [4.78, 5) is 4.27. The summed E-state index contributed by atoms with van der Waals surface area (Å²) in [6.45, 7) is 6.62. The van der Waals surface area contributed by atoms with Crippen LogP contribution in [0.4, 0.5) is 5.00 Å². The highest BCUT2D eigenvalue weighted by Gasteiger charge is 2.13. The molecule has 0 radical (unpaired) electrons. The van der Waals surface area contributed by atoms with Crippen LogP contribution in [0.25, 0.3) is 11.3 Å². The Hall–Kier alpha value is -1.35. The Labute approximate surface area is 100 Å². The molecule has 0 fully saturated rings. The average Bonchev–Trinajstić information content (AvgIpc) is 2.63. The van der Waals surface area contributed by atoms with Gasteiger partial charge in [-0.1, -0.05) is 45.0 Å². The fourth-order valence-corrected chi connectivity index (χ4v) is 2.15. The molecule has 0 aliphatic heterocycles. The molecule has 0 saturated heterocycles. The van der Waals surface area contributed by atoms with Crippen molar-refractivity contribution < 1.29 is 0 Å². The minimum absolute atomic E-state index is 0.187. The molecule has 16 heavy (non-hydrogen) atoms. The van der Waals surface area contributed by atoms with E-state index < -0.39 is 0 Å². The molecule has 0 atom stereocenters. The number of nitrogens with two attached hydrogens (primary N) is 1. The van der Waals surface area contributed by atoms with Gasteiger partial charge in [0.15, 0.2) is 0 Å². The van der Waals surface area contributed by atoms with E-state index >= 15 is 0 Å². The lowest BCUT2D eigenvalue weighted by Crippen LogP contribution is -2.10. The first-order valence-corrected chi connectivity index (χ1v) is 6.16. The minimum atomic E-state index is 0.187. The standard InChI is InChI=1S/C13H16N2S/c1-13(2,3)10-6-4-9(5-7-10)11-12(14)16-8-15-11/h4-8H,14H2,1-3H3. The lowest BCUT2D eigenvalue weighted by atomic mass is 9.86. The highest BCUT2D eigenvalue weighted by Crippen LogP contribution is 2.29. The third-order valence-electron chi connectivity index (χ3n) is 2.62. The van der Waals surface area contributed by atoms with Crippen LogP contribution in [0.5, 0.6) is 0 Å². The van der Waals surface area contributed by atoms with Gasteiger partial charge in [0.2, 0.25) is 0 Å². The summed E-state index contributed by atoms with van der Waals surface area (Å²) in [7, 11) is 0. The van der Waals surface area contributed by atoms with Gasteiger partial charge < -0.3 is 5.73 Å². The maximum atomic E-state index is 5.85. The Balaban J connectivity index is 2.37. The van der Waals surface area contributed by atoms with Crippen molar-refractivity contribution in [1.82, 2.24) is 4.98 Å². The number of benzene rings is 1. The third kappa shape index (κ3) is 2.09. The second-order valence-corrected chi connectivity index (χ2v) is 5.78. The molecule has 1 aromatic carbocycles. The fourth-order valence-electron chi connectivity index (χ4n) is 1.60. The molecule has 0 amide bonds. The first-order chi connectivity index (χ1) is 7.48. The smallest absolute Gasteiger partial charge is 0.114 e. The number of hydrogen-bond donors (Lipinski definition) is 1. The molecular weight excluding hydrogens is 216 g/mol. The Morgan fingerprint density at radius 1 is 1.12 bits per heavy atom. The largest absolute Gasteiger partial charge is 0.389 e. The molecule has 0 saturated carbocycles. The normalized spacial score (nSPS) is 11.7. The molecule has 2 nitrogen and oxygen atoms in total. The molecule has 0 aliphatic carbocycles. The number of hydrogen-bond acceptors (Lipinski definition) is 3. The Kier molecular flexibility index (Phi) is 2.72. The zero-order chi connectivity index (χ0) is 11.8. The molecule has 1 aromatic heterocycles. The summed E-state index contributed by atoms with van der Waals surface area (Å²) in [5.74, 6) is 0. The number of nitrogen functional groups attached to an aromatic ring is 1. The molecule has 1 heterocycles. The van der Waals surface area contributed by atoms with Crippen LogP contribution in [0.15, 0.2) is 29.8 Å². The lowest BCUT2D eigenvalue weighted by molar-refractivity contribution is 0.590. The summed E-state index contributed by atoms with van der Waals surface area (Å²) in [6.07, 6.45) is 0. The van der Waals surface area contributed by atoms with Gasteiger partial charge in [-0.2, -0.15) is 0 Å². The van der Waals surface area contributed by atoms with E-state index in [0.29, 0.717) is 0 Å². The first-order valence-electron chi connectivity index (χ1n) is 5.28. The fraction of sp³-hybridized carbons (Fsp3) is 0.308. The average molecular weight is 232 g/mol. The van der Waals surface area contributed by atoms with Crippen LogP contribution in [0.1, 0.15) is 26.3 Å². The van der Waals surface area contributed by atoms with E-state index in [2.05, 4.69) is 50.0 Å². The summed E-state index contributed by atoms with van der Waals surface area (Å²) >= 11 is 1.48. The molecule has 84 valence electrons. The van der Waals surface area contributed by atoms with Crippen molar-refractivity contribution in [3.8, 4) is 11.3 Å². The lowest BCUT2D eigenvalue weighted by Gasteiger charge is -2.18. The Morgan fingerprint density at radius 3 is 2.19 bits per heavy atom. The number of anilines is 1. The van der Waals surface area contributed by atoms with Crippen LogP contribution in [0, 0.1) is 0 Å². The van der Waals surface area contributed by atoms with Crippen LogP contribution < -0.4 is 5.73 Å². The summed E-state index contributed by atoms with van der Waals surface area (Å²) in [6, 6.07) is 8.47. The summed E-state index contributed by atoms with van der Waals surface area (Å²) < 4.78 is 0. The van der Waals surface area contributed by atoms with Crippen molar-refractivity contribution >= 4 is 16.3 Å². The Morgan fingerprint density at radius 2 is 1.75 bits per heavy atom. The van der Waals surface area contributed by atoms with Gasteiger partial charge in [0, 0.05) is 5.56 Å². The van der Waals surface area contributed by atoms with E-state index in [1.54, 1.807) is 5.51 Å². The van der Waals surface area contributed by atoms with Crippen molar-refractivity contribution in [1.29, 1.82) is 0 Å². The minimum Gasteiger partial charge on any atom is -0.389 e. The van der Waals surface area contributed by atoms with Crippen molar-refractivity contribution in [2.24, 2.45) is 0 Å². The van der Waals surface area contributed by atoms with E-state index in [9.17, 15) is 0 Å². The van der Waals surface area contributed by atoms with Crippen LogP contribution in [0.3, 0.4) is 0 Å². The number of thiazole rings is 1. The highest BCUT2D eigenvalue weighted by atomic mass is 32.1. The molecule has 2 aromatic rings. The zero-order valence-corrected chi connectivity index (χ0v) is 10.6. The molecule has 2 rings (SSSR count). The van der Waals surface area contributed by atoms with Crippen molar-refractivity contribution in [3.05, 3.63) is 35.3 Å². The van der Waals surface area contributed by atoms with Gasteiger partial charge >= 0.3 is 0 Å². The molecule has 0 aliphatic rings. The predicted octanol–water partition coefficient (Wildman–Crippen LogP) is 3.69. The van der Waals surface area contributed by atoms with Crippen LogP contribution >= 0.6 is 11.3 Å². The van der Waals surface area contributed by atoms with Crippen molar-refractivity contribution in [2.45, 2.75) is 26.2 Å². The number of aromatic nitrogens is 1. The SMILES string of the molecule is CC(C)(C)c1ccc(-c2ncsc2N)cc1.